The highest BCUT2D eigenvalue weighted by Gasteiger charge is 2.31. The second-order valence-electron chi connectivity index (χ2n) is 4.07. The summed E-state index contributed by atoms with van der Waals surface area (Å²) in [5.74, 6) is -0.399. The van der Waals surface area contributed by atoms with E-state index in [4.69, 9.17) is 11.6 Å². The maximum Gasteiger partial charge on any atom is 0.416 e. The van der Waals surface area contributed by atoms with Crippen molar-refractivity contribution in [3.8, 4) is 0 Å². The van der Waals surface area contributed by atoms with E-state index in [0.717, 1.165) is 25.0 Å². The normalized spacial score (nSPS) is 13.4. The third-order valence-corrected chi connectivity index (χ3v) is 2.74. The highest BCUT2D eigenvalue weighted by Crippen LogP contribution is 2.31. The molecule has 0 saturated carbocycles. The molecule has 0 aliphatic carbocycles. The van der Waals surface area contributed by atoms with E-state index in [0.29, 0.717) is 11.9 Å². The van der Waals surface area contributed by atoms with Gasteiger partial charge in [-0.3, -0.25) is 0 Å². The van der Waals surface area contributed by atoms with Crippen molar-refractivity contribution in [1.29, 1.82) is 0 Å². The highest BCUT2D eigenvalue weighted by molar-refractivity contribution is 6.17. The van der Waals surface area contributed by atoms with Gasteiger partial charge in [-0.15, -0.1) is 11.6 Å². The van der Waals surface area contributed by atoms with Crippen LogP contribution < -0.4 is 5.32 Å². The Bertz CT molecular complexity index is 392. The van der Waals surface area contributed by atoms with Crippen LogP contribution in [0.5, 0.6) is 0 Å². The zero-order chi connectivity index (χ0) is 13.8. The van der Waals surface area contributed by atoms with Crippen molar-refractivity contribution in [1.82, 2.24) is 0 Å². The van der Waals surface area contributed by atoms with Crippen molar-refractivity contribution in [3.05, 3.63) is 29.6 Å². The molecule has 1 unspecified atom stereocenters. The summed E-state index contributed by atoms with van der Waals surface area (Å²) in [7, 11) is 0. The van der Waals surface area contributed by atoms with E-state index in [2.05, 4.69) is 5.32 Å². The van der Waals surface area contributed by atoms with E-state index >= 15 is 0 Å². The van der Waals surface area contributed by atoms with Crippen LogP contribution in [0.1, 0.15) is 25.3 Å². The lowest BCUT2D eigenvalue weighted by atomic mass is 10.1. The molecule has 0 aromatic heterocycles. The molecule has 0 bridgehead atoms. The average molecular weight is 284 g/mol. The third-order valence-electron chi connectivity index (χ3n) is 2.47. The molecule has 0 fully saturated rings. The van der Waals surface area contributed by atoms with Crippen LogP contribution in [0.2, 0.25) is 0 Å². The van der Waals surface area contributed by atoms with E-state index in [1.54, 1.807) is 0 Å². The first kappa shape index (κ1) is 15.1. The number of benzene rings is 1. The van der Waals surface area contributed by atoms with Crippen LogP contribution in [-0.4, -0.2) is 11.9 Å². The van der Waals surface area contributed by atoms with Crippen molar-refractivity contribution >= 4 is 17.3 Å². The lowest BCUT2D eigenvalue weighted by molar-refractivity contribution is -0.137. The van der Waals surface area contributed by atoms with Gasteiger partial charge in [-0.2, -0.15) is 13.2 Å². The average Bonchev–Trinajstić information content (AvgIpc) is 2.27. The molecule has 1 rings (SSSR count). The van der Waals surface area contributed by atoms with Crippen LogP contribution in [0.4, 0.5) is 23.2 Å². The van der Waals surface area contributed by atoms with Gasteiger partial charge < -0.3 is 5.32 Å². The van der Waals surface area contributed by atoms with Crippen molar-refractivity contribution in [2.75, 3.05) is 11.2 Å². The zero-order valence-electron chi connectivity index (χ0n) is 9.82. The number of anilines is 1. The Balaban J connectivity index is 2.74. The Kier molecular flexibility index (Phi) is 5.26. The van der Waals surface area contributed by atoms with Gasteiger partial charge in [0.2, 0.25) is 0 Å². The molecule has 0 saturated heterocycles. The summed E-state index contributed by atoms with van der Waals surface area (Å²) >= 11 is 5.52. The van der Waals surface area contributed by atoms with Crippen LogP contribution in [0.3, 0.4) is 0 Å². The molecule has 1 atom stereocenters. The van der Waals surface area contributed by atoms with Gasteiger partial charge in [0, 0.05) is 11.9 Å². The number of rotatable bonds is 5. The molecule has 102 valence electrons. The summed E-state index contributed by atoms with van der Waals surface area (Å²) in [5.41, 5.74) is -0.913. The minimum Gasteiger partial charge on any atom is -0.380 e. The van der Waals surface area contributed by atoms with Crippen molar-refractivity contribution in [3.63, 3.8) is 0 Å². The van der Waals surface area contributed by atoms with Crippen molar-refractivity contribution in [2.45, 2.75) is 32.0 Å². The fourth-order valence-corrected chi connectivity index (χ4v) is 1.68. The van der Waals surface area contributed by atoms with Crippen molar-refractivity contribution in [2.24, 2.45) is 0 Å². The summed E-state index contributed by atoms with van der Waals surface area (Å²) in [5, 5.41) is 2.82. The van der Waals surface area contributed by atoms with Gasteiger partial charge in [-0.1, -0.05) is 0 Å². The Morgan fingerprint density at radius 3 is 2.50 bits per heavy atom. The number of hydrogen-bond donors (Lipinski definition) is 1. The summed E-state index contributed by atoms with van der Waals surface area (Å²) < 4.78 is 50.5. The minimum absolute atomic E-state index is 0.0463. The first-order valence-corrected chi connectivity index (χ1v) is 6.07. The molecule has 1 nitrogen and oxygen atoms in total. The summed E-state index contributed by atoms with van der Waals surface area (Å²) in [6, 6.07) is 2.42. The number of halogens is 5. The van der Waals surface area contributed by atoms with Gasteiger partial charge in [-0.05, 0) is 38.0 Å². The lowest BCUT2D eigenvalue weighted by Gasteiger charge is -2.16. The molecular weight excluding hydrogens is 270 g/mol. The second kappa shape index (κ2) is 6.27. The Morgan fingerprint density at radius 1 is 1.33 bits per heavy atom. The van der Waals surface area contributed by atoms with E-state index in [1.165, 1.54) is 0 Å². The van der Waals surface area contributed by atoms with Gasteiger partial charge in [-0.25, -0.2) is 4.39 Å². The molecule has 6 heteroatoms. The molecule has 0 heterocycles. The van der Waals surface area contributed by atoms with Gasteiger partial charge in [0.15, 0.2) is 0 Å². The Labute approximate surface area is 108 Å². The molecule has 0 spiro atoms. The van der Waals surface area contributed by atoms with E-state index in [1.807, 2.05) is 6.92 Å². The Morgan fingerprint density at radius 2 is 2.00 bits per heavy atom. The molecule has 1 aromatic rings. The van der Waals surface area contributed by atoms with E-state index < -0.39 is 17.6 Å². The maximum absolute atomic E-state index is 13.5. The summed E-state index contributed by atoms with van der Waals surface area (Å²) in [6.07, 6.45) is -3.04. The molecule has 0 aliphatic heterocycles. The van der Waals surface area contributed by atoms with Crippen LogP contribution >= 0.6 is 11.6 Å². The number of alkyl halides is 4. The topological polar surface area (TPSA) is 12.0 Å². The number of nitrogens with one attached hydrogen (secondary N) is 1. The molecule has 0 amide bonds. The van der Waals surface area contributed by atoms with Crippen LogP contribution in [0, 0.1) is 5.82 Å². The van der Waals surface area contributed by atoms with Gasteiger partial charge in [0.05, 0.1) is 11.3 Å². The minimum atomic E-state index is -4.52. The molecule has 1 N–H and O–H groups in total. The fraction of sp³-hybridized carbons (Fsp3) is 0.500. The van der Waals surface area contributed by atoms with E-state index in [-0.39, 0.29) is 11.7 Å². The van der Waals surface area contributed by atoms with Crippen molar-refractivity contribution < 1.29 is 17.6 Å². The molecule has 0 aliphatic rings. The summed E-state index contributed by atoms with van der Waals surface area (Å²) in [6.45, 7) is 1.82. The smallest absolute Gasteiger partial charge is 0.380 e. The third kappa shape index (κ3) is 4.37. The highest BCUT2D eigenvalue weighted by atomic mass is 35.5. The fourth-order valence-electron chi connectivity index (χ4n) is 1.53. The molecule has 1 aromatic carbocycles. The zero-order valence-corrected chi connectivity index (χ0v) is 10.6. The van der Waals surface area contributed by atoms with E-state index in [9.17, 15) is 17.6 Å². The standard InChI is InChI=1S/C12H14ClF4N/c1-8(3-2-6-13)18-11-5-4-9(7-10(11)14)12(15,16)17/h4-5,7-8,18H,2-3,6H2,1H3. The molecular formula is C12H14ClF4N. The SMILES string of the molecule is CC(CCCCl)Nc1ccc(C(F)(F)F)cc1F. The monoisotopic (exact) mass is 283 g/mol. The van der Waals surface area contributed by atoms with Gasteiger partial charge in [0.1, 0.15) is 5.82 Å². The van der Waals surface area contributed by atoms with Crippen LogP contribution in [0.25, 0.3) is 0 Å². The van der Waals surface area contributed by atoms with Gasteiger partial charge in [0.25, 0.3) is 0 Å². The maximum atomic E-state index is 13.5. The molecule has 18 heavy (non-hydrogen) atoms. The first-order valence-electron chi connectivity index (χ1n) is 5.54. The largest absolute Gasteiger partial charge is 0.416 e. The predicted octanol–water partition coefficient (Wildman–Crippen LogP) is 4.66. The first-order chi connectivity index (χ1) is 8.34. The summed E-state index contributed by atoms with van der Waals surface area (Å²) in [4.78, 5) is 0. The quantitative estimate of drug-likeness (QED) is 0.612. The van der Waals surface area contributed by atoms with Crippen LogP contribution in [-0.2, 0) is 6.18 Å². The second-order valence-corrected chi connectivity index (χ2v) is 4.45. The Hall–Kier alpha value is -0.970. The number of hydrogen-bond acceptors (Lipinski definition) is 1. The lowest BCUT2D eigenvalue weighted by Crippen LogP contribution is -2.16. The molecule has 0 radical (unpaired) electrons. The predicted molar refractivity (Wildman–Crippen MR) is 64.4 cm³/mol. The van der Waals surface area contributed by atoms with Gasteiger partial charge >= 0.3 is 6.18 Å². The van der Waals surface area contributed by atoms with Crippen LogP contribution in [0.15, 0.2) is 18.2 Å².